The number of amides is 1. The highest BCUT2D eigenvalue weighted by Crippen LogP contribution is 2.46. The van der Waals surface area contributed by atoms with Crippen LogP contribution >= 0.6 is 0 Å². The molecular formula is C25H48N2O2. The molecule has 1 spiro atoms. The summed E-state index contributed by atoms with van der Waals surface area (Å²) in [5.74, 6) is 1.15. The van der Waals surface area contributed by atoms with Crippen LogP contribution in [-0.4, -0.2) is 41.8 Å². The van der Waals surface area contributed by atoms with Crippen LogP contribution in [0.4, 0.5) is 0 Å². The molecule has 1 amide bonds. The summed E-state index contributed by atoms with van der Waals surface area (Å²) >= 11 is 0. The number of carbonyl (C=O) groups is 2. The third-order valence-electron chi connectivity index (χ3n) is 7.88. The molecule has 2 saturated carbocycles. The molecule has 1 heterocycles. The van der Waals surface area contributed by atoms with Crippen LogP contribution in [0, 0.1) is 17.3 Å². The summed E-state index contributed by atoms with van der Waals surface area (Å²) in [7, 11) is 0. The number of likely N-dealkylation sites (tertiary alicyclic amines) is 1. The van der Waals surface area contributed by atoms with Gasteiger partial charge in [-0.05, 0) is 96.6 Å². The molecule has 0 bridgehead atoms. The second-order valence-corrected chi connectivity index (χ2v) is 9.78. The summed E-state index contributed by atoms with van der Waals surface area (Å²) < 4.78 is 0. The van der Waals surface area contributed by atoms with E-state index in [1.165, 1.54) is 38.8 Å². The Hall–Kier alpha value is -0.900. The maximum Gasteiger partial charge on any atom is 0.223 e. The molecule has 3 rings (SSSR count). The molecule has 1 saturated heterocycles. The SMILES string of the molecule is CC.CCC(=O)C1CCC(NC(=O)C2CCC3(CC2)CCN(C(C)C)CC3)CC1.[HH]. The molecule has 29 heavy (non-hydrogen) atoms. The van der Waals surface area contributed by atoms with E-state index in [4.69, 9.17) is 0 Å². The summed E-state index contributed by atoms with van der Waals surface area (Å²) in [6.07, 6.45) is 11.7. The molecular weight excluding hydrogens is 360 g/mol. The smallest absolute Gasteiger partial charge is 0.223 e. The predicted octanol–water partition coefficient (Wildman–Crippen LogP) is 5.59. The lowest BCUT2D eigenvalue weighted by Crippen LogP contribution is -2.47. The van der Waals surface area contributed by atoms with Crippen LogP contribution in [0.1, 0.15) is 107 Å². The number of Topliss-reactive ketones (excluding diaryl/α,β-unsaturated/α-hetero) is 1. The number of hydrogen-bond acceptors (Lipinski definition) is 3. The van der Waals surface area contributed by atoms with Gasteiger partial charge in [0.1, 0.15) is 5.78 Å². The Balaban J connectivity index is 0.00000146. The zero-order valence-electron chi connectivity index (χ0n) is 19.8. The van der Waals surface area contributed by atoms with E-state index in [-0.39, 0.29) is 19.2 Å². The van der Waals surface area contributed by atoms with Gasteiger partial charge in [-0.25, -0.2) is 0 Å². The van der Waals surface area contributed by atoms with Crippen LogP contribution < -0.4 is 5.32 Å². The van der Waals surface area contributed by atoms with Crippen LogP contribution in [-0.2, 0) is 9.59 Å². The summed E-state index contributed by atoms with van der Waals surface area (Å²) in [4.78, 5) is 27.2. The van der Waals surface area contributed by atoms with Crippen molar-refractivity contribution >= 4 is 11.7 Å². The molecule has 0 aromatic rings. The number of rotatable bonds is 5. The fourth-order valence-corrected chi connectivity index (χ4v) is 5.67. The highest BCUT2D eigenvalue weighted by molar-refractivity contribution is 5.81. The maximum atomic E-state index is 12.8. The van der Waals surface area contributed by atoms with Crippen LogP contribution in [0.2, 0.25) is 0 Å². The third kappa shape index (κ3) is 6.54. The van der Waals surface area contributed by atoms with Crippen molar-refractivity contribution in [3.8, 4) is 0 Å². The highest BCUT2D eigenvalue weighted by Gasteiger charge is 2.40. The molecule has 0 aromatic heterocycles. The predicted molar refractivity (Wildman–Crippen MR) is 123 cm³/mol. The van der Waals surface area contributed by atoms with E-state index in [0.29, 0.717) is 29.7 Å². The molecule has 4 nitrogen and oxygen atoms in total. The normalized spacial score (nSPS) is 27.9. The van der Waals surface area contributed by atoms with Gasteiger partial charge in [0, 0.05) is 31.8 Å². The van der Waals surface area contributed by atoms with E-state index in [0.717, 1.165) is 38.5 Å². The molecule has 0 aromatic carbocycles. The molecule has 170 valence electrons. The quantitative estimate of drug-likeness (QED) is 0.645. The molecule has 1 N–H and O–H groups in total. The van der Waals surface area contributed by atoms with Crippen molar-refractivity contribution in [1.29, 1.82) is 0 Å². The highest BCUT2D eigenvalue weighted by atomic mass is 16.2. The van der Waals surface area contributed by atoms with E-state index in [9.17, 15) is 9.59 Å². The third-order valence-corrected chi connectivity index (χ3v) is 7.88. The number of hydrogen-bond donors (Lipinski definition) is 1. The van der Waals surface area contributed by atoms with Crippen molar-refractivity contribution < 1.29 is 11.0 Å². The van der Waals surface area contributed by atoms with Gasteiger partial charge in [0.15, 0.2) is 0 Å². The summed E-state index contributed by atoms with van der Waals surface area (Å²) in [6.45, 7) is 13.0. The van der Waals surface area contributed by atoms with Gasteiger partial charge < -0.3 is 10.2 Å². The largest absolute Gasteiger partial charge is 0.353 e. The summed E-state index contributed by atoms with van der Waals surface area (Å²) in [5.41, 5.74) is 0.515. The molecule has 0 radical (unpaired) electrons. The fourth-order valence-electron chi connectivity index (χ4n) is 5.67. The Morgan fingerprint density at radius 2 is 1.48 bits per heavy atom. The summed E-state index contributed by atoms with van der Waals surface area (Å²) in [5, 5.41) is 3.32. The Kier molecular flexibility index (Phi) is 9.65. The first-order valence-electron chi connectivity index (χ1n) is 12.5. The average molecular weight is 409 g/mol. The van der Waals surface area contributed by atoms with E-state index in [2.05, 4.69) is 24.1 Å². The molecule has 0 unspecified atom stereocenters. The minimum atomic E-state index is 0. The van der Waals surface area contributed by atoms with Gasteiger partial charge in [-0.3, -0.25) is 9.59 Å². The van der Waals surface area contributed by atoms with E-state index in [1.807, 2.05) is 20.8 Å². The number of nitrogens with one attached hydrogen (secondary N) is 1. The molecule has 3 fully saturated rings. The number of ketones is 1. The molecule has 0 atom stereocenters. The van der Waals surface area contributed by atoms with Crippen molar-refractivity contribution in [1.82, 2.24) is 10.2 Å². The lowest BCUT2D eigenvalue weighted by molar-refractivity contribution is -0.128. The van der Waals surface area contributed by atoms with E-state index < -0.39 is 0 Å². The lowest BCUT2D eigenvalue weighted by Gasteiger charge is -2.47. The lowest BCUT2D eigenvalue weighted by atomic mass is 9.65. The van der Waals surface area contributed by atoms with Gasteiger partial charge in [-0.1, -0.05) is 20.8 Å². The first-order valence-corrected chi connectivity index (χ1v) is 12.5. The minimum absolute atomic E-state index is 0. The Labute approximate surface area is 181 Å². The zero-order chi connectivity index (χ0) is 21.4. The topological polar surface area (TPSA) is 49.4 Å². The van der Waals surface area contributed by atoms with Gasteiger partial charge in [-0.2, -0.15) is 0 Å². The Morgan fingerprint density at radius 3 is 1.97 bits per heavy atom. The van der Waals surface area contributed by atoms with Gasteiger partial charge in [0.2, 0.25) is 5.91 Å². The maximum absolute atomic E-state index is 12.8. The molecule has 3 aliphatic rings. The van der Waals surface area contributed by atoms with Crippen molar-refractivity contribution in [2.45, 2.75) is 117 Å². The van der Waals surface area contributed by atoms with Crippen molar-refractivity contribution in [3.05, 3.63) is 0 Å². The minimum Gasteiger partial charge on any atom is -0.353 e. The van der Waals surface area contributed by atoms with Crippen molar-refractivity contribution in [2.24, 2.45) is 17.3 Å². The second-order valence-electron chi connectivity index (χ2n) is 9.78. The van der Waals surface area contributed by atoms with Crippen LogP contribution in [0.15, 0.2) is 0 Å². The fraction of sp³-hybridized carbons (Fsp3) is 0.920. The van der Waals surface area contributed by atoms with Gasteiger partial charge in [0.05, 0.1) is 0 Å². The van der Waals surface area contributed by atoms with Crippen LogP contribution in [0.25, 0.3) is 0 Å². The van der Waals surface area contributed by atoms with Crippen molar-refractivity contribution in [2.75, 3.05) is 13.1 Å². The van der Waals surface area contributed by atoms with E-state index >= 15 is 0 Å². The Bertz CT molecular complexity index is 511. The van der Waals surface area contributed by atoms with Crippen LogP contribution in [0.5, 0.6) is 0 Å². The first-order chi connectivity index (χ1) is 13.9. The molecule has 4 heteroatoms. The average Bonchev–Trinajstić information content (AvgIpc) is 2.76. The van der Waals surface area contributed by atoms with Gasteiger partial charge in [-0.15, -0.1) is 0 Å². The standard InChI is InChI=1S/C23H40N2O2.C2H6.H2/c1-4-21(26)18-5-7-20(8-6-18)24-22(27)19-9-11-23(12-10-19)13-15-25(16-14-23)17(2)3;1-2;/h17-20H,4-16H2,1-3H3,(H,24,27);1-2H3;1H. The Morgan fingerprint density at radius 1 is 0.931 bits per heavy atom. The monoisotopic (exact) mass is 408 g/mol. The second kappa shape index (κ2) is 11.5. The summed E-state index contributed by atoms with van der Waals surface area (Å²) in [6, 6.07) is 0.954. The molecule has 2 aliphatic carbocycles. The van der Waals surface area contributed by atoms with Crippen LogP contribution in [0.3, 0.4) is 0 Å². The van der Waals surface area contributed by atoms with Gasteiger partial charge in [0.25, 0.3) is 0 Å². The van der Waals surface area contributed by atoms with Crippen molar-refractivity contribution in [3.63, 3.8) is 0 Å². The zero-order valence-corrected chi connectivity index (χ0v) is 19.8. The number of piperidine rings is 1. The van der Waals surface area contributed by atoms with Gasteiger partial charge >= 0.3 is 0 Å². The first kappa shape index (κ1) is 24.4. The van der Waals surface area contributed by atoms with E-state index in [1.54, 1.807) is 0 Å². The number of carbonyl (C=O) groups excluding carboxylic acids is 2. The number of nitrogens with zero attached hydrogens (tertiary/aromatic N) is 1. The molecule has 1 aliphatic heterocycles.